The molecule has 0 aliphatic carbocycles. The first-order chi connectivity index (χ1) is 9.25. The van der Waals surface area contributed by atoms with E-state index >= 15 is 0 Å². The van der Waals surface area contributed by atoms with E-state index in [9.17, 15) is 0 Å². The van der Waals surface area contributed by atoms with Crippen molar-refractivity contribution in [2.24, 2.45) is 0 Å². The van der Waals surface area contributed by atoms with Gasteiger partial charge in [-0.05, 0) is 19.1 Å². The largest absolute Gasteiger partial charge is 0.232 e. The molecule has 0 fully saturated rings. The smallest absolute Gasteiger partial charge is 0.0927 e. The zero-order chi connectivity index (χ0) is 13.2. The van der Waals surface area contributed by atoms with Crippen LogP contribution in [0.1, 0.15) is 5.56 Å². The second kappa shape index (κ2) is 4.90. The molecule has 0 unspecified atom stereocenters. The number of rotatable bonds is 2. The zero-order valence-electron chi connectivity index (χ0n) is 10.5. The van der Waals surface area contributed by atoms with E-state index in [1.54, 1.807) is 6.20 Å². The van der Waals surface area contributed by atoms with Crippen molar-refractivity contribution in [1.29, 1.82) is 0 Å². The van der Waals surface area contributed by atoms with Crippen LogP contribution in [0.3, 0.4) is 0 Å². The minimum absolute atomic E-state index is 0.660. The van der Waals surface area contributed by atoms with E-state index in [1.807, 2.05) is 35.0 Å². The van der Waals surface area contributed by atoms with E-state index in [0.717, 1.165) is 16.9 Å². The van der Waals surface area contributed by atoms with Crippen LogP contribution in [0, 0.1) is 6.92 Å². The van der Waals surface area contributed by atoms with Gasteiger partial charge in [0.15, 0.2) is 0 Å². The minimum atomic E-state index is 0.660. The standard InChI is InChI=1S/C16H13ClN2/c1-12-7-9-13(10-8-12)16-15(17)11-18-19(16)14-5-3-2-4-6-14/h2-11H,1H3. The number of hydrogen-bond donors (Lipinski definition) is 0. The van der Waals surface area contributed by atoms with Crippen LogP contribution in [0.4, 0.5) is 0 Å². The number of aryl methyl sites for hydroxylation is 1. The van der Waals surface area contributed by atoms with Crippen LogP contribution in [0.25, 0.3) is 16.9 Å². The monoisotopic (exact) mass is 268 g/mol. The average molecular weight is 269 g/mol. The fourth-order valence-electron chi connectivity index (χ4n) is 2.07. The maximum absolute atomic E-state index is 6.29. The highest BCUT2D eigenvalue weighted by Crippen LogP contribution is 2.30. The molecule has 0 atom stereocenters. The molecular formula is C16H13ClN2. The number of aromatic nitrogens is 2. The Hall–Kier alpha value is -2.06. The van der Waals surface area contributed by atoms with Gasteiger partial charge in [0.05, 0.1) is 22.6 Å². The van der Waals surface area contributed by atoms with E-state index < -0.39 is 0 Å². The van der Waals surface area contributed by atoms with Gasteiger partial charge in [0.2, 0.25) is 0 Å². The van der Waals surface area contributed by atoms with Gasteiger partial charge in [-0.1, -0.05) is 59.6 Å². The van der Waals surface area contributed by atoms with Crippen molar-refractivity contribution in [3.05, 3.63) is 71.4 Å². The number of hydrogen-bond acceptors (Lipinski definition) is 1. The molecule has 19 heavy (non-hydrogen) atoms. The van der Waals surface area contributed by atoms with Crippen LogP contribution in [0.2, 0.25) is 5.02 Å². The average Bonchev–Trinajstić information content (AvgIpc) is 2.83. The van der Waals surface area contributed by atoms with Gasteiger partial charge in [0.1, 0.15) is 0 Å². The summed E-state index contributed by atoms with van der Waals surface area (Å²) >= 11 is 6.29. The molecule has 3 aromatic rings. The van der Waals surface area contributed by atoms with Crippen LogP contribution in [0.15, 0.2) is 60.8 Å². The van der Waals surface area contributed by atoms with Gasteiger partial charge in [-0.2, -0.15) is 5.10 Å². The molecule has 2 nitrogen and oxygen atoms in total. The van der Waals surface area contributed by atoms with Crippen molar-refractivity contribution in [2.45, 2.75) is 6.92 Å². The Morgan fingerprint density at radius 3 is 2.32 bits per heavy atom. The fraction of sp³-hybridized carbons (Fsp3) is 0.0625. The van der Waals surface area contributed by atoms with Crippen LogP contribution in [-0.2, 0) is 0 Å². The van der Waals surface area contributed by atoms with E-state index in [4.69, 9.17) is 11.6 Å². The van der Waals surface area contributed by atoms with Crippen LogP contribution < -0.4 is 0 Å². The molecule has 0 spiro atoms. The summed E-state index contributed by atoms with van der Waals surface area (Å²) in [5.41, 5.74) is 4.22. The first kappa shape index (κ1) is 12.0. The molecule has 3 heteroatoms. The first-order valence-corrected chi connectivity index (χ1v) is 6.49. The van der Waals surface area contributed by atoms with Gasteiger partial charge in [-0.15, -0.1) is 0 Å². The molecular weight excluding hydrogens is 256 g/mol. The van der Waals surface area contributed by atoms with E-state index in [-0.39, 0.29) is 0 Å². The summed E-state index contributed by atoms with van der Waals surface area (Å²) in [6.45, 7) is 2.07. The Morgan fingerprint density at radius 1 is 0.947 bits per heavy atom. The van der Waals surface area contributed by atoms with E-state index in [2.05, 4.69) is 36.3 Å². The molecule has 1 aromatic heterocycles. The normalized spacial score (nSPS) is 10.6. The second-order valence-electron chi connectivity index (χ2n) is 4.45. The Balaban J connectivity index is 2.17. The van der Waals surface area contributed by atoms with Crippen molar-refractivity contribution >= 4 is 11.6 Å². The molecule has 0 aliphatic rings. The lowest BCUT2D eigenvalue weighted by atomic mass is 10.1. The predicted octanol–water partition coefficient (Wildman–Crippen LogP) is 4.50. The number of benzene rings is 2. The minimum Gasteiger partial charge on any atom is -0.232 e. The van der Waals surface area contributed by atoms with Crippen LogP contribution in [0.5, 0.6) is 0 Å². The SMILES string of the molecule is Cc1ccc(-c2c(Cl)cnn2-c2ccccc2)cc1. The summed E-state index contributed by atoms with van der Waals surface area (Å²) < 4.78 is 1.87. The highest BCUT2D eigenvalue weighted by molar-refractivity contribution is 6.33. The molecule has 0 aliphatic heterocycles. The molecule has 2 aromatic carbocycles. The van der Waals surface area contributed by atoms with Crippen molar-refractivity contribution in [3.63, 3.8) is 0 Å². The van der Waals surface area contributed by atoms with Gasteiger partial charge in [0, 0.05) is 5.56 Å². The number of para-hydroxylation sites is 1. The summed E-state index contributed by atoms with van der Waals surface area (Å²) in [6, 6.07) is 18.3. The third kappa shape index (κ3) is 2.27. The lowest BCUT2D eigenvalue weighted by Crippen LogP contribution is -1.98. The van der Waals surface area contributed by atoms with Crippen LogP contribution >= 0.6 is 11.6 Å². The Kier molecular flexibility index (Phi) is 3.10. The van der Waals surface area contributed by atoms with E-state index in [0.29, 0.717) is 5.02 Å². The molecule has 0 saturated carbocycles. The Bertz CT molecular complexity index is 685. The molecule has 0 N–H and O–H groups in total. The maximum Gasteiger partial charge on any atom is 0.0927 e. The molecule has 3 rings (SSSR count). The van der Waals surface area contributed by atoms with Crippen LogP contribution in [-0.4, -0.2) is 9.78 Å². The summed E-state index contributed by atoms with van der Waals surface area (Å²) in [5.74, 6) is 0. The fourth-order valence-corrected chi connectivity index (χ4v) is 2.30. The summed E-state index contributed by atoms with van der Waals surface area (Å²) in [5, 5.41) is 5.03. The van der Waals surface area contributed by atoms with E-state index in [1.165, 1.54) is 5.56 Å². The molecule has 1 heterocycles. The molecule has 0 saturated heterocycles. The lowest BCUT2D eigenvalue weighted by Gasteiger charge is -2.08. The van der Waals surface area contributed by atoms with Crippen molar-refractivity contribution in [3.8, 4) is 16.9 Å². The Morgan fingerprint density at radius 2 is 1.63 bits per heavy atom. The predicted molar refractivity (Wildman–Crippen MR) is 78.7 cm³/mol. The molecule has 0 bridgehead atoms. The molecule has 0 amide bonds. The summed E-state index contributed by atoms with van der Waals surface area (Å²) in [6.07, 6.45) is 1.68. The van der Waals surface area contributed by atoms with Crippen molar-refractivity contribution in [2.75, 3.05) is 0 Å². The highest BCUT2D eigenvalue weighted by atomic mass is 35.5. The summed E-state index contributed by atoms with van der Waals surface area (Å²) in [7, 11) is 0. The zero-order valence-corrected chi connectivity index (χ0v) is 11.3. The quantitative estimate of drug-likeness (QED) is 0.669. The van der Waals surface area contributed by atoms with Gasteiger partial charge >= 0.3 is 0 Å². The van der Waals surface area contributed by atoms with Gasteiger partial charge in [-0.25, -0.2) is 4.68 Å². The third-order valence-corrected chi connectivity index (χ3v) is 3.33. The summed E-state index contributed by atoms with van der Waals surface area (Å²) in [4.78, 5) is 0. The lowest BCUT2D eigenvalue weighted by molar-refractivity contribution is 0.888. The molecule has 94 valence electrons. The number of halogens is 1. The molecule has 0 radical (unpaired) electrons. The second-order valence-corrected chi connectivity index (χ2v) is 4.86. The Labute approximate surface area is 117 Å². The third-order valence-electron chi connectivity index (χ3n) is 3.05. The highest BCUT2D eigenvalue weighted by Gasteiger charge is 2.12. The number of nitrogens with zero attached hydrogens (tertiary/aromatic N) is 2. The van der Waals surface area contributed by atoms with Gasteiger partial charge in [-0.3, -0.25) is 0 Å². The maximum atomic E-state index is 6.29. The van der Waals surface area contributed by atoms with Gasteiger partial charge in [0.25, 0.3) is 0 Å². The van der Waals surface area contributed by atoms with Crippen molar-refractivity contribution < 1.29 is 0 Å². The topological polar surface area (TPSA) is 17.8 Å². The van der Waals surface area contributed by atoms with Crippen molar-refractivity contribution in [1.82, 2.24) is 9.78 Å². The first-order valence-electron chi connectivity index (χ1n) is 6.12. The van der Waals surface area contributed by atoms with Gasteiger partial charge < -0.3 is 0 Å².